The number of rotatable bonds is 5. The first kappa shape index (κ1) is 16.8. The van der Waals surface area contributed by atoms with Gasteiger partial charge in [-0.05, 0) is 13.0 Å². The first-order chi connectivity index (χ1) is 10.8. The van der Waals surface area contributed by atoms with Crippen LogP contribution in [-0.4, -0.2) is 26.1 Å². The second-order valence-corrected chi connectivity index (χ2v) is 5.11. The van der Waals surface area contributed by atoms with E-state index in [1.807, 2.05) is 0 Å². The average molecular weight is 328 g/mol. The van der Waals surface area contributed by atoms with Crippen molar-refractivity contribution in [3.63, 3.8) is 0 Å². The summed E-state index contributed by atoms with van der Waals surface area (Å²) >= 11 is 0. The molecule has 2 heterocycles. The Labute approximate surface area is 129 Å². The highest BCUT2D eigenvalue weighted by atomic mass is 19.4. The summed E-state index contributed by atoms with van der Waals surface area (Å²) in [5.74, 6) is -0.543. The lowest BCUT2D eigenvalue weighted by Gasteiger charge is -2.15. The van der Waals surface area contributed by atoms with Crippen LogP contribution in [0.25, 0.3) is 0 Å². The molecule has 0 unspecified atom stereocenters. The smallest absolute Gasteiger partial charge is 0.350 e. The van der Waals surface area contributed by atoms with Crippen molar-refractivity contribution >= 4 is 5.91 Å². The van der Waals surface area contributed by atoms with Crippen LogP contribution in [0.15, 0.2) is 41.8 Å². The van der Waals surface area contributed by atoms with E-state index in [1.165, 1.54) is 0 Å². The van der Waals surface area contributed by atoms with Crippen LogP contribution in [0.2, 0.25) is 0 Å². The Morgan fingerprint density at radius 3 is 2.74 bits per heavy atom. The lowest BCUT2D eigenvalue weighted by molar-refractivity contribution is -0.138. The molecule has 0 aliphatic rings. The molecule has 1 atom stereocenters. The number of carbonyl (C=O) groups excluding carboxylic acids is 1. The van der Waals surface area contributed by atoms with Gasteiger partial charge in [-0.2, -0.15) is 13.2 Å². The van der Waals surface area contributed by atoms with Crippen LogP contribution in [0.3, 0.4) is 0 Å². The zero-order chi connectivity index (χ0) is 17.0. The van der Waals surface area contributed by atoms with Crippen LogP contribution in [0, 0.1) is 0 Å². The van der Waals surface area contributed by atoms with E-state index in [1.54, 1.807) is 30.2 Å². The summed E-state index contributed by atoms with van der Waals surface area (Å²) in [6.45, 7) is 1.73. The molecule has 9 heteroatoms. The zero-order valence-electron chi connectivity index (χ0n) is 12.2. The molecular formula is C14H15F3N4O2. The topological polar surface area (TPSA) is 68.9 Å². The standard InChI is InChI=1S/C14H15F3N4O2/c1-10(6-20-5-4-18-9-20)19-12(22)8-21-7-11(14(15,16)17)2-3-13(21)23/h2-5,7,9-10H,6,8H2,1H3,(H,19,22)/t10-/m0/s1. The van der Waals surface area contributed by atoms with Crippen molar-refractivity contribution in [3.05, 3.63) is 53.0 Å². The Morgan fingerprint density at radius 2 is 2.13 bits per heavy atom. The van der Waals surface area contributed by atoms with Crippen molar-refractivity contribution in [2.75, 3.05) is 0 Å². The molecule has 0 aliphatic carbocycles. The van der Waals surface area contributed by atoms with Crippen LogP contribution < -0.4 is 10.9 Å². The molecule has 0 radical (unpaired) electrons. The highest BCUT2D eigenvalue weighted by molar-refractivity contribution is 5.76. The minimum atomic E-state index is -4.57. The van der Waals surface area contributed by atoms with Gasteiger partial charge in [-0.1, -0.05) is 0 Å². The van der Waals surface area contributed by atoms with Crippen molar-refractivity contribution in [2.24, 2.45) is 0 Å². The van der Waals surface area contributed by atoms with Gasteiger partial charge in [0.25, 0.3) is 5.56 Å². The Bertz CT molecular complexity index is 722. The summed E-state index contributed by atoms with van der Waals surface area (Å²) < 4.78 is 40.4. The molecule has 2 aromatic rings. The van der Waals surface area contributed by atoms with E-state index in [0.717, 1.165) is 10.6 Å². The number of halogens is 3. The third kappa shape index (κ3) is 4.70. The molecule has 0 aromatic carbocycles. The molecule has 23 heavy (non-hydrogen) atoms. The van der Waals surface area contributed by atoms with Crippen molar-refractivity contribution in [1.29, 1.82) is 0 Å². The molecule has 124 valence electrons. The lowest BCUT2D eigenvalue weighted by Crippen LogP contribution is -2.39. The number of alkyl halides is 3. The fraction of sp³-hybridized carbons (Fsp3) is 0.357. The van der Waals surface area contributed by atoms with Gasteiger partial charge in [-0.3, -0.25) is 9.59 Å². The fourth-order valence-corrected chi connectivity index (χ4v) is 2.05. The quantitative estimate of drug-likeness (QED) is 0.899. The van der Waals surface area contributed by atoms with Crippen LogP contribution in [-0.2, 0) is 24.1 Å². The van der Waals surface area contributed by atoms with Gasteiger partial charge in [0.2, 0.25) is 5.91 Å². The number of pyridine rings is 1. The van der Waals surface area contributed by atoms with Crippen molar-refractivity contribution in [2.45, 2.75) is 32.2 Å². The number of hydrogen-bond acceptors (Lipinski definition) is 3. The molecule has 1 N–H and O–H groups in total. The molecule has 6 nitrogen and oxygen atoms in total. The Hall–Kier alpha value is -2.58. The molecule has 0 aliphatic heterocycles. The minimum Gasteiger partial charge on any atom is -0.350 e. The maximum absolute atomic E-state index is 12.6. The largest absolute Gasteiger partial charge is 0.417 e. The van der Waals surface area contributed by atoms with E-state index in [0.29, 0.717) is 18.8 Å². The molecule has 2 rings (SSSR count). The van der Waals surface area contributed by atoms with E-state index in [9.17, 15) is 22.8 Å². The predicted octanol–water partition coefficient (Wildman–Crippen LogP) is 1.27. The predicted molar refractivity (Wildman–Crippen MR) is 75.5 cm³/mol. The molecule has 1 amide bonds. The minimum absolute atomic E-state index is 0.266. The number of amides is 1. The first-order valence-electron chi connectivity index (χ1n) is 6.78. The molecule has 2 aromatic heterocycles. The van der Waals surface area contributed by atoms with Gasteiger partial charge in [0.15, 0.2) is 0 Å². The van der Waals surface area contributed by atoms with Crippen molar-refractivity contribution in [3.8, 4) is 0 Å². The monoisotopic (exact) mass is 328 g/mol. The summed E-state index contributed by atoms with van der Waals surface area (Å²) in [7, 11) is 0. The van der Waals surface area contributed by atoms with Gasteiger partial charge >= 0.3 is 6.18 Å². The van der Waals surface area contributed by atoms with E-state index >= 15 is 0 Å². The average Bonchev–Trinajstić information content (AvgIpc) is 2.92. The van der Waals surface area contributed by atoms with E-state index in [-0.39, 0.29) is 6.04 Å². The van der Waals surface area contributed by atoms with Crippen molar-refractivity contribution < 1.29 is 18.0 Å². The van der Waals surface area contributed by atoms with E-state index in [4.69, 9.17) is 0 Å². The summed E-state index contributed by atoms with van der Waals surface area (Å²) in [6.07, 6.45) is 0.972. The van der Waals surface area contributed by atoms with Gasteiger partial charge in [0, 0.05) is 37.2 Å². The Morgan fingerprint density at radius 1 is 1.39 bits per heavy atom. The molecule has 0 saturated carbocycles. The second-order valence-electron chi connectivity index (χ2n) is 5.11. The molecule has 0 saturated heterocycles. The van der Waals surface area contributed by atoms with E-state index < -0.39 is 29.8 Å². The lowest BCUT2D eigenvalue weighted by atomic mass is 10.2. The highest BCUT2D eigenvalue weighted by Crippen LogP contribution is 2.27. The van der Waals surface area contributed by atoms with Crippen LogP contribution in [0.5, 0.6) is 0 Å². The molecular weight excluding hydrogens is 313 g/mol. The Balaban J connectivity index is 2.01. The maximum Gasteiger partial charge on any atom is 0.417 e. The number of aromatic nitrogens is 3. The molecule has 0 bridgehead atoms. The van der Waals surface area contributed by atoms with Crippen LogP contribution >= 0.6 is 0 Å². The zero-order valence-corrected chi connectivity index (χ0v) is 12.2. The van der Waals surface area contributed by atoms with Gasteiger partial charge in [-0.25, -0.2) is 4.98 Å². The number of hydrogen-bond donors (Lipinski definition) is 1. The first-order valence-corrected chi connectivity index (χ1v) is 6.78. The Kier molecular flexibility index (Phi) is 4.87. The van der Waals surface area contributed by atoms with Crippen LogP contribution in [0.1, 0.15) is 12.5 Å². The summed E-state index contributed by atoms with van der Waals surface area (Å²) in [5.41, 5.74) is -1.65. The van der Waals surface area contributed by atoms with Gasteiger partial charge in [0.1, 0.15) is 6.54 Å². The summed E-state index contributed by atoms with van der Waals surface area (Å²) in [6, 6.07) is 1.22. The second kappa shape index (κ2) is 6.67. The van der Waals surface area contributed by atoms with E-state index in [2.05, 4.69) is 10.3 Å². The third-order valence-electron chi connectivity index (χ3n) is 3.08. The highest BCUT2D eigenvalue weighted by Gasteiger charge is 2.31. The van der Waals surface area contributed by atoms with Gasteiger partial charge < -0.3 is 14.5 Å². The van der Waals surface area contributed by atoms with Gasteiger partial charge in [-0.15, -0.1) is 0 Å². The van der Waals surface area contributed by atoms with Crippen LogP contribution in [0.4, 0.5) is 13.2 Å². The number of nitrogens with one attached hydrogen (secondary N) is 1. The third-order valence-corrected chi connectivity index (χ3v) is 3.08. The number of carbonyl (C=O) groups is 1. The van der Waals surface area contributed by atoms with Gasteiger partial charge in [0.05, 0.1) is 11.9 Å². The fourth-order valence-electron chi connectivity index (χ4n) is 2.05. The number of nitrogens with zero attached hydrogens (tertiary/aromatic N) is 3. The maximum atomic E-state index is 12.6. The SMILES string of the molecule is C[C@@H](Cn1ccnc1)NC(=O)Cn1cc(C(F)(F)F)ccc1=O. The van der Waals surface area contributed by atoms with Crippen molar-refractivity contribution in [1.82, 2.24) is 19.4 Å². The summed E-state index contributed by atoms with van der Waals surface area (Å²) in [4.78, 5) is 27.3. The number of imidazole rings is 1. The summed E-state index contributed by atoms with van der Waals surface area (Å²) in [5, 5.41) is 2.62. The molecule has 0 fully saturated rings. The normalized spacial score (nSPS) is 12.9. The molecule has 0 spiro atoms.